The van der Waals surface area contributed by atoms with Gasteiger partial charge in [-0.3, -0.25) is 0 Å². The molecule has 4 heteroatoms. The van der Waals surface area contributed by atoms with Gasteiger partial charge in [0.2, 0.25) is 0 Å². The Hall–Kier alpha value is -1.18. The summed E-state index contributed by atoms with van der Waals surface area (Å²) in [5.41, 5.74) is 0.957. The first-order chi connectivity index (χ1) is 6.72. The minimum atomic E-state index is 0.195. The summed E-state index contributed by atoms with van der Waals surface area (Å²) < 4.78 is 1.02. The van der Waals surface area contributed by atoms with Crippen molar-refractivity contribution in [1.29, 1.82) is 5.26 Å². The van der Waals surface area contributed by atoms with E-state index in [-0.39, 0.29) is 5.75 Å². The van der Waals surface area contributed by atoms with Crippen LogP contribution in [0.5, 0.6) is 5.75 Å². The number of aromatic hydroxyl groups is 1. The molecule has 1 N–H and O–H groups in total. The van der Waals surface area contributed by atoms with Crippen LogP contribution < -0.4 is 0 Å². The Bertz CT molecular complexity index is 525. The highest BCUT2D eigenvalue weighted by molar-refractivity contribution is 7.80. The highest BCUT2D eigenvalue weighted by atomic mass is 32.1. The first-order valence-corrected chi connectivity index (χ1v) is 5.34. The Kier molecular flexibility index (Phi) is 2.36. The second kappa shape index (κ2) is 3.52. The molecule has 0 radical (unpaired) electrons. The number of fused-ring (bicyclic) bond motifs is 1. The number of thiophene rings is 1. The molecule has 1 heterocycles. The Morgan fingerprint density at radius 3 is 3.00 bits per heavy atom. The zero-order chi connectivity index (χ0) is 10.1. The lowest BCUT2D eigenvalue weighted by Gasteiger charge is -1.98. The zero-order valence-corrected chi connectivity index (χ0v) is 8.90. The van der Waals surface area contributed by atoms with Gasteiger partial charge >= 0.3 is 0 Å². The third-order valence-corrected chi connectivity index (χ3v) is 3.57. The normalized spacial score (nSPS) is 10.3. The van der Waals surface area contributed by atoms with Crippen LogP contribution in [-0.2, 0) is 6.42 Å². The molecule has 0 fully saturated rings. The fourth-order valence-corrected chi connectivity index (χ4v) is 2.75. The number of nitrogens with zero attached hydrogens (tertiary/aromatic N) is 1. The lowest BCUT2D eigenvalue weighted by Crippen LogP contribution is -1.78. The summed E-state index contributed by atoms with van der Waals surface area (Å²) in [6.45, 7) is 0. The van der Waals surface area contributed by atoms with Gasteiger partial charge in [0.1, 0.15) is 5.75 Å². The molecule has 0 aliphatic carbocycles. The minimum absolute atomic E-state index is 0.195. The van der Waals surface area contributed by atoms with Crippen molar-refractivity contribution < 1.29 is 5.11 Å². The second-order valence-electron chi connectivity index (χ2n) is 2.94. The molecule has 0 aliphatic rings. The number of thiol groups is 1. The number of hydrogen-bond acceptors (Lipinski definition) is 4. The number of phenols is 1. The van der Waals surface area contributed by atoms with Gasteiger partial charge in [-0.1, -0.05) is 0 Å². The molecule has 0 saturated heterocycles. The van der Waals surface area contributed by atoms with Crippen LogP contribution in [0.25, 0.3) is 10.1 Å². The first-order valence-electron chi connectivity index (χ1n) is 4.01. The summed E-state index contributed by atoms with van der Waals surface area (Å²) in [4.78, 5) is 0.759. The monoisotopic (exact) mass is 221 g/mol. The molecule has 1 aromatic heterocycles. The van der Waals surface area contributed by atoms with Crippen molar-refractivity contribution in [3.05, 3.63) is 23.1 Å². The molecule has 14 heavy (non-hydrogen) atoms. The molecule has 0 atom stereocenters. The van der Waals surface area contributed by atoms with Crippen LogP contribution in [0.1, 0.15) is 5.56 Å². The lowest BCUT2D eigenvalue weighted by molar-refractivity contribution is 0.475. The molecular weight excluding hydrogens is 214 g/mol. The summed E-state index contributed by atoms with van der Waals surface area (Å²) in [6.07, 6.45) is 0.372. The molecule has 0 unspecified atom stereocenters. The average Bonchev–Trinajstić information content (AvgIpc) is 2.49. The number of phenolic OH excluding ortho intramolecular Hbond substituents is 1. The van der Waals surface area contributed by atoms with Gasteiger partial charge in [0.05, 0.1) is 12.5 Å². The molecule has 2 aromatic rings. The maximum atomic E-state index is 9.39. The smallest absolute Gasteiger partial charge is 0.117 e. The molecule has 1 aromatic carbocycles. The lowest BCUT2D eigenvalue weighted by atomic mass is 10.1. The van der Waals surface area contributed by atoms with Crippen molar-refractivity contribution in [2.24, 2.45) is 0 Å². The van der Waals surface area contributed by atoms with Gasteiger partial charge < -0.3 is 5.11 Å². The van der Waals surface area contributed by atoms with E-state index in [0.717, 1.165) is 20.5 Å². The third kappa shape index (κ3) is 1.45. The van der Waals surface area contributed by atoms with E-state index >= 15 is 0 Å². The van der Waals surface area contributed by atoms with Crippen molar-refractivity contribution in [3.63, 3.8) is 0 Å². The van der Waals surface area contributed by atoms with Crippen LogP contribution in [-0.4, -0.2) is 5.11 Å². The molecule has 2 nitrogen and oxygen atoms in total. The van der Waals surface area contributed by atoms with E-state index in [4.69, 9.17) is 5.26 Å². The van der Waals surface area contributed by atoms with Gasteiger partial charge in [0, 0.05) is 15.0 Å². The fraction of sp³-hybridized carbons (Fsp3) is 0.100. The number of nitriles is 1. The van der Waals surface area contributed by atoms with Crippen molar-refractivity contribution in [1.82, 2.24) is 0 Å². The van der Waals surface area contributed by atoms with Gasteiger partial charge in [-0.15, -0.1) is 24.0 Å². The van der Waals surface area contributed by atoms with Gasteiger partial charge in [-0.05, 0) is 23.1 Å². The Morgan fingerprint density at radius 2 is 2.29 bits per heavy atom. The maximum Gasteiger partial charge on any atom is 0.117 e. The van der Waals surface area contributed by atoms with Gasteiger partial charge in [0.25, 0.3) is 0 Å². The zero-order valence-electron chi connectivity index (χ0n) is 7.19. The SMILES string of the molecule is N#CCc1csc2c(S)cc(O)cc12. The van der Waals surface area contributed by atoms with Crippen LogP contribution in [0.15, 0.2) is 22.4 Å². The van der Waals surface area contributed by atoms with Crippen LogP contribution in [0.4, 0.5) is 0 Å². The summed E-state index contributed by atoms with van der Waals surface area (Å²) in [5, 5.41) is 20.9. The van der Waals surface area contributed by atoms with E-state index in [1.54, 1.807) is 23.5 Å². The fourth-order valence-electron chi connectivity index (χ4n) is 1.38. The molecular formula is C10H7NOS2. The van der Waals surface area contributed by atoms with Crippen molar-refractivity contribution in [2.45, 2.75) is 11.3 Å². The highest BCUT2D eigenvalue weighted by Gasteiger charge is 2.07. The van der Waals surface area contributed by atoms with Crippen molar-refractivity contribution in [3.8, 4) is 11.8 Å². The molecule has 0 saturated carbocycles. The van der Waals surface area contributed by atoms with Gasteiger partial charge in [-0.2, -0.15) is 5.26 Å². The van der Waals surface area contributed by atoms with Crippen molar-refractivity contribution >= 4 is 34.1 Å². The Morgan fingerprint density at radius 1 is 1.50 bits per heavy atom. The average molecular weight is 221 g/mol. The Balaban J connectivity index is 2.73. The number of rotatable bonds is 1. The van der Waals surface area contributed by atoms with E-state index in [1.807, 2.05) is 5.38 Å². The molecule has 70 valence electrons. The second-order valence-corrected chi connectivity index (χ2v) is 4.30. The van der Waals surface area contributed by atoms with Gasteiger partial charge in [0.15, 0.2) is 0 Å². The van der Waals surface area contributed by atoms with Crippen LogP contribution in [0.3, 0.4) is 0 Å². The van der Waals surface area contributed by atoms with E-state index < -0.39 is 0 Å². The Labute approximate surface area is 90.8 Å². The quantitative estimate of drug-likeness (QED) is 0.727. The predicted molar refractivity (Wildman–Crippen MR) is 60.1 cm³/mol. The van der Waals surface area contributed by atoms with Crippen LogP contribution >= 0.6 is 24.0 Å². The third-order valence-electron chi connectivity index (χ3n) is 1.99. The molecule has 0 aliphatic heterocycles. The first kappa shape index (κ1) is 9.38. The van der Waals surface area contributed by atoms with E-state index in [0.29, 0.717) is 6.42 Å². The van der Waals surface area contributed by atoms with E-state index in [2.05, 4.69) is 18.7 Å². The highest BCUT2D eigenvalue weighted by Crippen LogP contribution is 2.34. The minimum Gasteiger partial charge on any atom is -0.508 e. The predicted octanol–water partition coefficient (Wildman–Crippen LogP) is 2.96. The number of benzene rings is 1. The molecule has 2 rings (SSSR count). The summed E-state index contributed by atoms with van der Waals surface area (Å²) >= 11 is 5.82. The summed E-state index contributed by atoms with van der Waals surface area (Å²) in [7, 11) is 0. The molecule has 0 amide bonds. The van der Waals surface area contributed by atoms with E-state index in [1.165, 1.54) is 0 Å². The largest absolute Gasteiger partial charge is 0.508 e. The summed E-state index contributed by atoms with van der Waals surface area (Å²) in [6, 6.07) is 5.39. The molecule has 0 bridgehead atoms. The number of hydrogen-bond donors (Lipinski definition) is 2. The topological polar surface area (TPSA) is 44.0 Å². The van der Waals surface area contributed by atoms with Crippen LogP contribution in [0.2, 0.25) is 0 Å². The standard InChI is InChI=1S/C10H7NOS2/c11-2-1-6-5-14-10-8(6)3-7(12)4-9(10)13/h3-5,12-13H,1H2. The molecule has 0 spiro atoms. The summed E-state index contributed by atoms with van der Waals surface area (Å²) in [5.74, 6) is 0.195. The van der Waals surface area contributed by atoms with Crippen molar-refractivity contribution in [2.75, 3.05) is 0 Å². The van der Waals surface area contributed by atoms with Crippen LogP contribution in [0, 0.1) is 11.3 Å². The van der Waals surface area contributed by atoms with E-state index in [9.17, 15) is 5.11 Å². The van der Waals surface area contributed by atoms with Gasteiger partial charge in [-0.25, -0.2) is 0 Å². The maximum absolute atomic E-state index is 9.39.